The molecule has 1 saturated heterocycles. The molecule has 2 aliphatic rings. The number of rotatable bonds is 4. The summed E-state index contributed by atoms with van der Waals surface area (Å²) in [7, 11) is 0. The first-order valence-corrected chi connectivity index (χ1v) is 7.60. The Morgan fingerprint density at radius 1 is 1.32 bits per heavy atom. The van der Waals surface area contributed by atoms with Crippen molar-refractivity contribution >= 4 is 33.6 Å². The van der Waals surface area contributed by atoms with Gasteiger partial charge in [-0.25, -0.2) is 0 Å². The van der Waals surface area contributed by atoms with Gasteiger partial charge in [0.1, 0.15) is 5.82 Å². The highest BCUT2D eigenvalue weighted by atomic mass is 79.9. The molecule has 0 saturated carbocycles. The molecule has 6 nitrogen and oxygen atoms in total. The third kappa shape index (κ3) is 2.41. The van der Waals surface area contributed by atoms with E-state index in [9.17, 15) is 14.4 Å². The van der Waals surface area contributed by atoms with E-state index >= 15 is 0 Å². The zero-order chi connectivity index (χ0) is 15.9. The number of carbonyl (C=O) groups excluding carboxylic acids is 2. The van der Waals surface area contributed by atoms with E-state index in [0.29, 0.717) is 24.5 Å². The Kier molecular flexibility index (Phi) is 3.74. The second kappa shape index (κ2) is 5.57. The molecule has 1 fully saturated rings. The van der Waals surface area contributed by atoms with Crippen molar-refractivity contribution in [1.82, 2.24) is 10.2 Å². The van der Waals surface area contributed by atoms with Gasteiger partial charge in [-0.3, -0.25) is 19.3 Å². The molecular weight excluding hydrogens is 352 g/mol. The molecule has 2 heterocycles. The van der Waals surface area contributed by atoms with E-state index in [1.54, 1.807) is 24.3 Å². The Morgan fingerprint density at radius 3 is 2.64 bits per heavy atom. The van der Waals surface area contributed by atoms with Crippen molar-refractivity contribution in [3.8, 4) is 0 Å². The third-order valence-electron chi connectivity index (χ3n) is 3.80. The predicted octanol–water partition coefficient (Wildman–Crippen LogP) is 1.38. The highest BCUT2D eigenvalue weighted by Crippen LogP contribution is 2.34. The number of ketones is 1. The number of carbonyl (C=O) groups is 3. The van der Waals surface area contributed by atoms with Crippen LogP contribution in [0.4, 0.5) is 0 Å². The van der Waals surface area contributed by atoms with Gasteiger partial charge in [0.25, 0.3) is 0 Å². The zero-order valence-corrected chi connectivity index (χ0v) is 13.1. The number of benzene rings is 1. The molecule has 0 bridgehead atoms. The molecule has 0 unspecified atom stereocenters. The Morgan fingerprint density at radius 2 is 2.00 bits per heavy atom. The van der Waals surface area contributed by atoms with E-state index in [0.717, 1.165) is 4.47 Å². The summed E-state index contributed by atoms with van der Waals surface area (Å²) in [5, 5.41) is 12.1. The normalized spacial score (nSPS) is 20.1. The maximum absolute atomic E-state index is 12.8. The molecule has 1 amide bonds. The Balaban J connectivity index is 2.02. The fourth-order valence-electron chi connectivity index (χ4n) is 2.82. The second-order valence-corrected chi connectivity index (χ2v) is 6.08. The molecule has 1 atom stereocenters. The van der Waals surface area contributed by atoms with E-state index in [1.165, 1.54) is 4.90 Å². The molecule has 22 heavy (non-hydrogen) atoms. The minimum absolute atomic E-state index is 0.257. The fourth-order valence-corrected chi connectivity index (χ4v) is 3.08. The van der Waals surface area contributed by atoms with Crippen LogP contribution in [-0.4, -0.2) is 40.8 Å². The highest BCUT2D eigenvalue weighted by molar-refractivity contribution is 9.10. The van der Waals surface area contributed by atoms with Gasteiger partial charge in [0.2, 0.25) is 5.91 Å². The third-order valence-corrected chi connectivity index (χ3v) is 4.32. The lowest BCUT2D eigenvalue weighted by Crippen LogP contribution is -2.29. The van der Waals surface area contributed by atoms with Crippen LogP contribution < -0.4 is 5.32 Å². The largest absolute Gasteiger partial charge is 0.481 e. The number of nitrogens with zero attached hydrogens (tertiary/aromatic N) is 1. The summed E-state index contributed by atoms with van der Waals surface area (Å²) in [5.74, 6) is -2.18. The average Bonchev–Trinajstić information content (AvgIpc) is 3.03. The summed E-state index contributed by atoms with van der Waals surface area (Å²) in [5.41, 5.74) is 0.691. The summed E-state index contributed by atoms with van der Waals surface area (Å²) < 4.78 is 0.840. The van der Waals surface area contributed by atoms with Gasteiger partial charge in [-0.15, -0.1) is 0 Å². The van der Waals surface area contributed by atoms with Gasteiger partial charge in [-0.1, -0.05) is 15.9 Å². The molecule has 1 aromatic carbocycles. The molecule has 7 heteroatoms. The first-order valence-electron chi connectivity index (χ1n) is 6.80. The summed E-state index contributed by atoms with van der Waals surface area (Å²) in [6.45, 7) is 1.03. The SMILES string of the molecule is O=C(O)C[C@@H]1C(=O)N2CCNC2=C1C(=O)c1ccc(Br)cc1. The first kappa shape index (κ1) is 14.8. The minimum Gasteiger partial charge on any atom is -0.481 e. The zero-order valence-electron chi connectivity index (χ0n) is 11.5. The van der Waals surface area contributed by atoms with Gasteiger partial charge in [0.05, 0.1) is 17.9 Å². The number of hydrogen-bond acceptors (Lipinski definition) is 4. The topological polar surface area (TPSA) is 86.7 Å². The van der Waals surface area contributed by atoms with Gasteiger partial charge in [0.15, 0.2) is 5.78 Å². The standard InChI is InChI=1S/C15H13BrN2O4/c16-9-3-1-8(2-4-9)13(21)12-10(7-11(19)20)15(22)18-6-5-17-14(12)18/h1-4,10,17H,5-7H2,(H,19,20)/t10-/m0/s1. The van der Waals surface area contributed by atoms with Crippen molar-refractivity contribution in [2.45, 2.75) is 6.42 Å². The molecule has 0 radical (unpaired) electrons. The van der Waals surface area contributed by atoms with Gasteiger partial charge in [-0.05, 0) is 24.3 Å². The number of hydrogen-bond donors (Lipinski definition) is 2. The van der Waals surface area contributed by atoms with Crippen molar-refractivity contribution < 1.29 is 19.5 Å². The molecular formula is C15H13BrN2O4. The Bertz CT molecular complexity index is 696. The quantitative estimate of drug-likeness (QED) is 0.788. The number of amides is 1. The van der Waals surface area contributed by atoms with Crippen LogP contribution in [0.5, 0.6) is 0 Å². The van der Waals surface area contributed by atoms with E-state index in [4.69, 9.17) is 5.11 Å². The minimum atomic E-state index is -1.10. The van der Waals surface area contributed by atoms with E-state index < -0.39 is 11.9 Å². The van der Waals surface area contributed by atoms with Gasteiger partial charge < -0.3 is 10.4 Å². The average molecular weight is 365 g/mol. The smallest absolute Gasteiger partial charge is 0.304 e. The monoisotopic (exact) mass is 364 g/mol. The number of Topliss-reactive ketones (excluding diaryl/α,β-unsaturated/α-hetero) is 1. The van der Waals surface area contributed by atoms with Crippen LogP contribution >= 0.6 is 15.9 Å². The Hall–Kier alpha value is -2.15. The van der Waals surface area contributed by atoms with E-state index in [2.05, 4.69) is 21.2 Å². The van der Waals surface area contributed by atoms with Gasteiger partial charge >= 0.3 is 5.97 Å². The number of carboxylic acid groups (broad SMARTS) is 1. The first-order chi connectivity index (χ1) is 10.5. The number of fused-ring (bicyclic) bond motifs is 1. The highest BCUT2D eigenvalue weighted by Gasteiger charge is 2.45. The van der Waals surface area contributed by atoms with Crippen molar-refractivity contribution in [2.24, 2.45) is 5.92 Å². The number of aliphatic carboxylic acids is 1. The Labute approximate surface area is 134 Å². The number of nitrogens with one attached hydrogen (secondary N) is 1. The van der Waals surface area contributed by atoms with Crippen molar-refractivity contribution in [2.75, 3.05) is 13.1 Å². The molecule has 0 aromatic heterocycles. The maximum atomic E-state index is 12.8. The summed E-state index contributed by atoms with van der Waals surface area (Å²) >= 11 is 3.30. The van der Waals surface area contributed by atoms with Gasteiger partial charge in [-0.2, -0.15) is 0 Å². The lowest BCUT2D eigenvalue weighted by atomic mass is 9.91. The summed E-state index contributed by atoms with van der Waals surface area (Å²) in [4.78, 5) is 37.6. The van der Waals surface area contributed by atoms with Crippen molar-refractivity contribution in [1.29, 1.82) is 0 Å². The lowest BCUT2D eigenvalue weighted by molar-refractivity contribution is -0.141. The lowest BCUT2D eigenvalue weighted by Gasteiger charge is -2.12. The predicted molar refractivity (Wildman–Crippen MR) is 81.0 cm³/mol. The van der Waals surface area contributed by atoms with E-state index in [1.807, 2.05) is 0 Å². The molecule has 0 aliphatic carbocycles. The van der Waals surface area contributed by atoms with E-state index in [-0.39, 0.29) is 23.7 Å². The van der Waals surface area contributed by atoms with Crippen molar-refractivity contribution in [3.05, 3.63) is 45.7 Å². The second-order valence-electron chi connectivity index (χ2n) is 5.17. The maximum Gasteiger partial charge on any atom is 0.304 e. The van der Waals surface area contributed by atoms with Crippen LogP contribution in [0.3, 0.4) is 0 Å². The molecule has 2 N–H and O–H groups in total. The molecule has 114 valence electrons. The molecule has 1 aromatic rings. The van der Waals surface area contributed by atoms with Crippen LogP contribution in [0, 0.1) is 5.92 Å². The molecule has 2 aliphatic heterocycles. The number of carboxylic acids is 1. The summed E-state index contributed by atoms with van der Waals surface area (Å²) in [6.07, 6.45) is -0.377. The van der Waals surface area contributed by atoms with Crippen LogP contribution in [0.1, 0.15) is 16.8 Å². The van der Waals surface area contributed by atoms with Crippen molar-refractivity contribution in [3.63, 3.8) is 0 Å². The van der Waals surface area contributed by atoms with Gasteiger partial charge in [0, 0.05) is 23.1 Å². The fraction of sp³-hybridized carbons (Fsp3) is 0.267. The van der Waals surface area contributed by atoms with Crippen LogP contribution in [0.2, 0.25) is 0 Å². The summed E-state index contributed by atoms with van der Waals surface area (Å²) in [6, 6.07) is 6.78. The number of halogens is 1. The molecule has 0 spiro atoms. The van der Waals surface area contributed by atoms with Crippen LogP contribution in [0.25, 0.3) is 0 Å². The molecule has 3 rings (SSSR count). The van der Waals surface area contributed by atoms with Crippen LogP contribution in [0.15, 0.2) is 40.1 Å². The van der Waals surface area contributed by atoms with Crippen LogP contribution in [-0.2, 0) is 9.59 Å².